The van der Waals surface area contributed by atoms with Gasteiger partial charge in [-0.25, -0.2) is 9.59 Å². The first-order valence-corrected chi connectivity index (χ1v) is 12.1. The van der Waals surface area contributed by atoms with E-state index in [9.17, 15) is 19.2 Å². The van der Waals surface area contributed by atoms with Gasteiger partial charge in [-0.2, -0.15) is 0 Å². The van der Waals surface area contributed by atoms with Crippen LogP contribution in [0.4, 0.5) is 9.80 Å². The van der Waals surface area contributed by atoms with Crippen molar-refractivity contribution in [2.24, 2.45) is 0 Å². The normalized spacial score (nSPS) is 17.4. The van der Waals surface area contributed by atoms with Gasteiger partial charge in [0.15, 0.2) is 0 Å². The molecule has 1 saturated heterocycles. The molecule has 1 unspecified atom stereocenters. The van der Waals surface area contributed by atoms with Crippen molar-refractivity contribution in [2.45, 2.75) is 32.2 Å². The van der Waals surface area contributed by atoms with E-state index in [0.29, 0.717) is 29.7 Å². The zero-order chi connectivity index (χ0) is 25.0. The summed E-state index contributed by atoms with van der Waals surface area (Å²) in [4.78, 5) is 52.7. The van der Waals surface area contributed by atoms with Crippen LogP contribution in [0.15, 0.2) is 58.5 Å². The van der Waals surface area contributed by atoms with Gasteiger partial charge in [-0.15, -0.1) is 11.3 Å². The summed E-state index contributed by atoms with van der Waals surface area (Å²) in [6, 6.07) is 11.7. The highest BCUT2D eigenvalue weighted by Gasteiger charge is 2.52. The number of ether oxygens (including phenoxy) is 1. The minimum absolute atomic E-state index is 0.154. The van der Waals surface area contributed by atoms with Crippen molar-refractivity contribution in [3.8, 4) is 11.3 Å². The second kappa shape index (κ2) is 10.1. The van der Waals surface area contributed by atoms with Gasteiger partial charge in [0.1, 0.15) is 28.4 Å². The van der Waals surface area contributed by atoms with Crippen LogP contribution in [-0.4, -0.2) is 41.9 Å². The van der Waals surface area contributed by atoms with E-state index in [1.807, 2.05) is 13.0 Å². The number of hydrogen-bond acceptors (Lipinski definition) is 7. The summed E-state index contributed by atoms with van der Waals surface area (Å²) in [7, 11) is 0. The fourth-order valence-electron chi connectivity index (χ4n) is 4.16. The molecule has 9 nitrogen and oxygen atoms in total. The number of carbonyl (C=O) groups is 4. The minimum Gasteiger partial charge on any atom is -0.464 e. The number of carbonyl (C=O) groups excluding carboxylic acids is 4. The Balaban J connectivity index is 1.57. The van der Waals surface area contributed by atoms with Gasteiger partial charge in [0, 0.05) is 10.9 Å². The molecule has 1 aromatic carbocycles. The molecule has 0 radical (unpaired) electrons. The number of esters is 1. The zero-order valence-corrected chi connectivity index (χ0v) is 20.1. The molecule has 0 saturated carbocycles. The van der Waals surface area contributed by atoms with Crippen molar-refractivity contribution in [1.82, 2.24) is 10.2 Å². The minimum atomic E-state index is -1.22. The summed E-state index contributed by atoms with van der Waals surface area (Å²) in [6.07, 6.45) is 2.52. The number of urea groups is 1. The molecule has 1 aliphatic heterocycles. The summed E-state index contributed by atoms with van der Waals surface area (Å²) in [5.41, 5.74) is 0.0737. The number of hydrogen-bond donors (Lipinski definition) is 2. The molecule has 1 atom stereocenters. The fraction of sp³-hybridized carbons (Fsp3) is 0.280. The summed E-state index contributed by atoms with van der Waals surface area (Å²) in [6.45, 7) is 3.26. The molecule has 182 valence electrons. The third-order valence-corrected chi connectivity index (χ3v) is 6.57. The van der Waals surface area contributed by atoms with Crippen LogP contribution in [0.2, 0.25) is 0 Å². The third-order valence-electron chi connectivity index (χ3n) is 5.68. The average molecular weight is 496 g/mol. The van der Waals surface area contributed by atoms with Crippen LogP contribution in [0.25, 0.3) is 11.3 Å². The largest absolute Gasteiger partial charge is 0.464 e. The lowest BCUT2D eigenvalue weighted by Crippen LogP contribution is -2.44. The standard InChI is InChI=1S/C25H25N3O6S/c1-3-12-25(16-9-6-5-7-10-16)23(31)28(24(32)27-25)14-19(29)26-21-20(22(30)33-4-2)17(15-35-21)18-11-8-13-34-18/h5-11,13,15H,3-4,12,14H2,1-2H3,(H,26,29)(H,27,32). The van der Waals surface area contributed by atoms with Crippen molar-refractivity contribution in [3.63, 3.8) is 0 Å². The van der Waals surface area contributed by atoms with Gasteiger partial charge in [-0.3, -0.25) is 14.5 Å². The molecule has 10 heteroatoms. The van der Waals surface area contributed by atoms with E-state index in [0.717, 1.165) is 16.2 Å². The number of amides is 4. The first-order valence-electron chi connectivity index (χ1n) is 11.2. The Labute approximate surface area is 206 Å². The molecule has 0 spiro atoms. The lowest BCUT2D eigenvalue weighted by molar-refractivity contribution is -0.134. The number of benzene rings is 1. The Kier molecular flexibility index (Phi) is 7.02. The Morgan fingerprint density at radius 1 is 1.14 bits per heavy atom. The van der Waals surface area contributed by atoms with Crippen LogP contribution in [-0.2, 0) is 19.9 Å². The molecule has 0 bridgehead atoms. The van der Waals surface area contributed by atoms with Crippen molar-refractivity contribution in [3.05, 3.63) is 65.2 Å². The number of imide groups is 1. The van der Waals surface area contributed by atoms with E-state index < -0.39 is 35.9 Å². The Bertz CT molecular complexity index is 1240. The molecular weight excluding hydrogens is 470 g/mol. The van der Waals surface area contributed by atoms with E-state index in [-0.39, 0.29) is 17.2 Å². The quantitative estimate of drug-likeness (QED) is 0.336. The van der Waals surface area contributed by atoms with E-state index >= 15 is 0 Å². The van der Waals surface area contributed by atoms with Gasteiger partial charge in [-0.05, 0) is 31.0 Å². The van der Waals surface area contributed by atoms with Gasteiger partial charge >= 0.3 is 12.0 Å². The Hall–Kier alpha value is -3.92. The molecule has 2 aromatic heterocycles. The van der Waals surface area contributed by atoms with Crippen molar-refractivity contribution in [2.75, 3.05) is 18.5 Å². The van der Waals surface area contributed by atoms with E-state index in [1.165, 1.54) is 6.26 Å². The summed E-state index contributed by atoms with van der Waals surface area (Å²) in [5, 5.41) is 7.38. The van der Waals surface area contributed by atoms with Crippen LogP contribution in [0, 0.1) is 0 Å². The number of nitrogens with zero attached hydrogens (tertiary/aromatic N) is 1. The first-order chi connectivity index (χ1) is 16.9. The van der Waals surface area contributed by atoms with Crippen molar-refractivity contribution < 1.29 is 28.3 Å². The number of anilines is 1. The molecule has 35 heavy (non-hydrogen) atoms. The highest BCUT2D eigenvalue weighted by Crippen LogP contribution is 2.37. The van der Waals surface area contributed by atoms with Crippen LogP contribution < -0.4 is 10.6 Å². The maximum atomic E-state index is 13.4. The molecule has 3 aromatic rings. The number of furan rings is 1. The van der Waals surface area contributed by atoms with Gasteiger partial charge < -0.3 is 19.8 Å². The molecule has 0 aliphatic carbocycles. The lowest BCUT2D eigenvalue weighted by atomic mass is 9.85. The summed E-state index contributed by atoms with van der Waals surface area (Å²) < 4.78 is 10.6. The number of nitrogens with one attached hydrogen (secondary N) is 2. The highest BCUT2D eigenvalue weighted by molar-refractivity contribution is 7.15. The van der Waals surface area contributed by atoms with Crippen LogP contribution in [0.5, 0.6) is 0 Å². The predicted molar refractivity (Wildman–Crippen MR) is 130 cm³/mol. The van der Waals surface area contributed by atoms with Gasteiger partial charge in [0.05, 0.1) is 12.9 Å². The number of rotatable bonds is 9. The summed E-state index contributed by atoms with van der Waals surface area (Å²) in [5.74, 6) is -1.27. The van der Waals surface area contributed by atoms with Crippen molar-refractivity contribution in [1.29, 1.82) is 0 Å². The topological polar surface area (TPSA) is 118 Å². The van der Waals surface area contributed by atoms with Crippen LogP contribution >= 0.6 is 11.3 Å². The zero-order valence-electron chi connectivity index (χ0n) is 19.3. The Morgan fingerprint density at radius 3 is 2.57 bits per heavy atom. The maximum Gasteiger partial charge on any atom is 0.341 e. The highest BCUT2D eigenvalue weighted by atomic mass is 32.1. The second-order valence-corrected chi connectivity index (χ2v) is 8.82. The lowest BCUT2D eigenvalue weighted by Gasteiger charge is -2.26. The third kappa shape index (κ3) is 4.57. The Morgan fingerprint density at radius 2 is 1.91 bits per heavy atom. The molecule has 1 aliphatic rings. The second-order valence-electron chi connectivity index (χ2n) is 7.94. The predicted octanol–water partition coefficient (Wildman–Crippen LogP) is 4.37. The van der Waals surface area contributed by atoms with Crippen LogP contribution in [0.1, 0.15) is 42.6 Å². The smallest absolute Gasteiger partial charge is 0.341 e. The van der Waals surface area contributed by atoms with E-state index in [4.69, 9.17) is 9.15 Å². The van der Waals surface area contributed by atoms with E-state index in [2.05, 4.69) is 10.6 Å². The van der Waals surface area contributed by atoms with Gasteiger partial charge in [0.2, 0.25) is 5.91 Å². The van der Waals surface area contributed by atoms with Gasteiger partial charge in [-0.1, -0.05) is 43.7 Å². The first kappa shape index (κ1) is 24.2. The maximum absolute atomic E-state index is 13.4. The SMILES string of the molecule is CCCC1(c2ccccc2)NC(=O)N(CC(=O)Nc2scc(-c3ccco3)c2C(=O)OCC)C1=O. The molecule has 2 N–H and O–H groups in total. The summed E-state index contributed by atoms with van der Waals surface area (Å²) >= 11 is 1.12. The van der Waals surface area contributed by atoms with E-state index in [1.54, 1.807) is 48.7 Å². The van der Waals surface area contributed by atoms with Gasteiger partial charge in [0.25, 0.3) is 5.91 Å². The molecule has 4 rings (SSSR count). The molecule has 4 amide bonds. The van der Waals surface area contributed by atoms with Crippen molar-refractivity contribution >= 4 is 40.2 Å². The van der Waals surface area contributed by atoms with Crippen LogP contribution in [0.3, 0.4) is 0 Å². The fourth-order valence-corrected chi connectivity index (χ4v) is 5.11. The molecular formula is C25H25N3O6S. The average Bonchev–Trinajstić information content (AvgIpc) is 3.56. The monoisotopic (exact) mass is 495 g/mol. The molecule has 1 fully saturated rings. The molecule has 3 heterocycles. The number of thiophene rings is 1.